The summed E-state index contributed by atoms with van der Waals surface area (Å²) in [5.74, 6) is -0.928. The highest BCUT2D eigenvalue weighted by molar-refractivity contribution is 7.99. The maximum Gasteiger partial charge on any atom is 0.336 e. The van der Waals surface area contributed by atoms with E-state index in [1.165, 1.54) is 11.8 Å². The molecule has 0 aliphatic rings. The van der Waals surface area contributed by atoms with Crippen LogP contribution in [-0.2, 0) is 6.42 Å². The van der Waals surface area contributed by atoms with E-state index in [2.05, 4.69) is 0 Å². The van der Waals surface area contributed by atoms with Gasteiger partial charge in [-0.15, -0.1) is 0 Å². The Morgan fingerprint density at radius 3 is 2.32 bits per heavy atom. The molecule has 2 N–H and O–H groups in total. The number of carboxylic acids is 1. The summed E-state index contributed by atoms with van der Waals surface area (Å²) in [6.45, 7) is 0.0815. The highest BCUT2D eigenvalue weighted by Gasteiger charge is 2.11. The topological polar surface area (TPSA) is 57.5 Å². The Bertz CT molecular complexity index is 581. The number of benzene rings is 2. The zero-order chi connectivity index (χ0) is 13.7. The van der Waals surface area contributed by atoms with Crippen LogP contribution in [0.15, 0.2) is 58.3 Å². The summed E-state index contributed by atoms with van der Waals surface area (Å²) >= 11 is 1.42. The molecule has 0 unspecified atom stereocenters. The van der Waals surface area contributed by atoms with Crippen molar-refractivity contribution < 1.29 is 15.0 Å². The Morgan fingerprint density at radius 1 is 1.00 bits per heavy atom. The van der Waals surface area contributed by atoms with Crippen LogP contribution in [0.5, 0.6) is 0 Å². The number of carbonyl (C=O) groups is 1. The summed E-state index contributed by atoms with van der Waals surface area (Å²) in [5.41, 5.74) is 1.32. The molecule has 0 aliphatic carbocycles. The molecule has 0 aromatic heterocycles. The molecule has 0 saturated heterocycles. The van der Waals surface area contributed by atoms with E-state index in [-0.39, 0.29) is 6.61 Å². The summed E-state index contributed by atoms with van der Waals surface area (Å²) in [7, 11) is 0. The van der Waals surface area contributed by atoms with Gasteiger partial charge in [-0.1, -0.05) is 42.1 Å². The van der Waals surface area contributed by atoms with Gasteiger partial charge in [-0.2, -0.15) is 0 Å². The van der Waals surface area contributed by atoms with Gasteiger partial charge in [0.2, 0.25) is 0 Å². The SMILES string of the molecule is O=C(O)c1ccccc1Sc1ccccc1CCO. The first-order valence-corrected chi connectivity index (χ1v) is 6.73. The van der Waals surface area contributed by atoms with Crippen molar-refractivity contribution in [2.45, 2.75) is 16.2 Å². The fourth-order valence-corrected chi connectivity index (χ4v) is 2.88. The first-order valence-electron chi connectivity index (χ1n) is 5.91. The van der Waals surface area contributed by atoms with Gasteiger partial charge in [-0.25, -0.2) is 4.79 Å². The Labute approximate surface area is 115 Å². The average Bonchev–Trinajstić information content (AvgIpc) is 2.42. The van der Waals surface area contributed by atoms with Crippen LogP contribution in [0, 0.1) is 0 Å². The molecule has 0 heterocycles. The molecular formula is C15H14O3S. The van der Waals surface area contributed by atoms with Crippen molar-refractivity contribution in [3.05, 3.63) is 59.7 Å². The number of carboxylic acid groups (broad SMARTS) is 1. The van der Waals surface area contributed by atoms with Gasteiger partial charge in [0.15, 0.2) is 0 Å². The van der Waals surface area contributed by atoms with Crippen molar-refractivity contribution in [3.63, 3.8) is 0 Å². The van der Waals surface area contributed by atoms with E-state index in [1.807, 2.05) is 30.3 Å². The van der Waals surface area contributed by atoms with Crippen LogP contribution in [0.25, 0.3) is 0 Å². The molecule has 0 spiro atoms. The second-order valence-corrected chi connectivity index (χ2v) is 5.07. The quantitative estimate of drug-likeness (QED) is 0.879. The molecule has 2 aromatic rings. The van der Waals surface area contributed by atoms with Crippen LogP contribution in [0.2, 0.25) is 0 Å². The van der Waals surface area contributed by atoms with E-state index in [0.29, 0.717) is 16.9 Å². The van der Waals surface area contributed by atoms with Crippen molar-refractivity contribution in [1.82, 2.24) is 0 Å². The Balaban J connectivity index is 2.34. The zero-order valence-electron chi connectivity index (χ0n) is 10.2. The number of aromatic carboxylic acids is 1. The standard InChI is InChI=1S/C15H14O3S/c16-10-9-11-5-1-3-7-13(11)19-14-8-4-2-6-12(14)15(17)18/h1-8,16H,9-10H2,(H,17,18). The van der Waals surface area contributed by atoms with E-state index in [1.54, 1.807) is 18.2 Å². The van der Waals surface area contributed by atoms with Crippen molar-refractivity contribution in [3.8, 4) is 0 Å². The van der Waals surface area contributed by atoms with Crippen molar-refractivity contribution in [1.29, 1.82) is 0 Å². The molecule has 0 radical (unpaired) electrons. The molecule has 0 amide bonds. The van der Waals surface area contributed by atoms with Crippen LogP contribution in [0.3, 0.4) is 0 Å². The predicted octanol–water partition coefficient (Wildman–Crippen LogP) is 3.07. The summed E-state index contributed by atoms with van der Waals surface area (Å²) < 4.78 is 0. The number of aliphatic hydroxyl groups excluding tert-OH is 1. The fourth-order valence-electron chi connectivity index (χ4n) is 1.78. The molecular weight excluding hydrogens is 260 g/mol. The van der Waals surface area contributed by atoms with Gasteiger partial charge in [-0.3, -0.25) is 0 Å². The normalized spacial score (nSPS) is 10.4. The van der Waals surface area contributed by atoms with Crippen LogP contribution in [0.4, 0.5) is 0 Å². The number of hydrogen-bond donors (Lipinski definition) is 2. The lowest BCUT2D eigenvalue weighted by Crippen LogP contribution is -1.99. The zero-order valence-corrected chi connectivity index (χ0v) is 11.1. The smallest absolute Gasteiger partial charge is 0.336 e. The largest absolute Gasteiger partial charge is 0.478 e. The lowest BCUT2D eigenvalue weighted by atomic mass is 10.2. The molecule has 19 heavy (non-hydrogen) atoms. The van der Waals surface area contributed by atoms with Gasteiger partial charge in [0.05, 0.1) is 5.56 Å². The molecule has 0 bridgehead atoms. The molecule has 3 nitrogen and oxygen atoms in total. The van der Waals surface area contributed by atoms with E-state index in [0.717, 1.165) is 10.5 Å². The minimum atomic E-state index is -0.928. The Morgan fingerprint density at radius 2 is 1.63 bits per heavy atom. The third kappa shape index (κ3) is 3.36. The lowest BCUT2D eigenvalue weighted by molar-refractivity contribution is 0.0693. The predicted molar refractivity (Wildman–Crippen MR) is 74.8 cm³/mol. The number of aliphatic hydroxyl groups is 1. The molecule has 0 atom stereocenters. The van der Waals surface area contributed by atoms with E-state index >= 15 is 0 Å². The molecule has 4 heteroatoms. The second-order valence-electron chi connectivity index (χ2n) is 3.98. The maximum absolute atomic E-state index is 11.2. The van der Waals surface area contributed by atoms with Gasteiger partial charge < -0.3 is 10.2 Å². The van der Waals surface area contributed by atoms with Crippen molar-refractivity contribution in [2.24, 2.45) is 0 Å². The molecule has 2 rings (SSSR count). The van der Waals surface area contributed by atoms with E-state index < -0.39 is 5.97 Å². The maximum atomic E-state index is 11.2. The van der Waals surface area contributed by atoms with Gasteiger partial charge in [-0.05, 0) is 30.2 Å². The lowest BCUT2D eigenvalue weighted by Gasteiger charge is -2.09. The summed E-state index contributed by atoms with van der Waals surface area (Å²) in [6.07, 6.45) is 0.568. The van der Waals surface area contributed by atoms with Crippen LogP contribution >= 0.6 is 11.8 Å². The van der Waals surface area contributed by atoms with E-state index in [4.69, 9.17) is 10.2 Å². The van der Waals surface area contributed by atoms with Crippen LogP contribution in [0.1, 0.15) is 15.9 Å². The summed E-state index contributed by atoms with van der Waals surface area (Å²) in [4.78, 5) is 12.9. The molecule has 0 aliphatic heterocycles. The van der Waals surface area contributed by atoms with Gasteiger partial charge in [0.1, 0.15) is 0 Å². The van der Waals surface area contributed by atoms with Crippen molar-refractivity contribution >= 4 is 17.7 Å². The number of hydrogen-bond acceptors (Lipinski definition) is 3. The Hall–Kier alpha value is -1.78. The second kappa shape index (κ2) is 6.41. The molecule has 98 valence electrons. The van der Waals surface area contributed by atoms with Gasteiger partial charge in [0, 0.05) is 16.4 Å². The summed E-state index contributed by atoms with van der Waals surface area (Å²) in [6, 6.07) is 14.6. The highest BCUT2D eigenvalue weighted by Crippen LogP contribution is 2.32. The first-order chi connectivity index (χ1) is 9.22. The van der Waals surface area contributed by atoms with Crippen molar-refractivity contribution in [2.75, 3.05) is 6.61 Å². The third-order valence-electron chi connectivity index (χ3n) is 2.69. The minimum Gasteiger partial charge on any atom is -0.478 e. The summed E-state index contributed by atoms with van der Waals surface area (Å²) in [5, 5.41) is 18.2. The molecule has 0 fully saturated rings. The first kappa shape index (κ1) is 13.6. The van der Waals surface area contributed by atoms with Gasteiger partial charge >= 0.3 is 5.97 Å². The minimum absolute atomic E-state index is 0.0815. The fraction of sp³-hybridized carbons (Fsp3) is 0.133. The monoisotopic (exact) mass is 274 g/mol. The highest BCUT2D eigenvalue weighted by atomic mass is 32.2. The Kier molecular flexibility index (Phi) is 4.60. The van der Waals surface area contributed by atoms with Crippen LogP contribution < -0.4 is 0 Å². The third-order valence-corrected chi connectivity index (χ3v) is 3.89. The average molecular weight is 274 g/mol. The van der Waals surface area contributed by atoms with Gasteiger partial charge in [0.25, 0.3) is 0 Å². The molecule has 2 aromatic carbocycles. The number of rotatable bonds is 5. The molecule has 0 saturated carbocycles. The van der Waals surface area contributed by atoms with E-state index in [9.17, 15) is 4.79 Å². The van der Waals surface area contributed by atoms with Crippen LogP contribution in [-0.4, -0.2) is 22.8 Å².